The summed E-state index contributed by atoms with van der Waals surface area (Å²) in [5, 5.41) is 29.5. The van der Waals surface area contributed by atoms with E-state index in [0.717, 1.165) is 0 Å². The van der Waals surface area contributed by atoms with E-state index < -0.39 is 53.4 Å². The minimum atomic E-state index is -1.81. The fourth-order valence-corrected chi connectivity index (χ4v) is 2.17. The van der Waals surface area contributed by atoms with Gasteiger partial charge in [0.1, 0.15) is 18.6 Å². The highest BCUT2D eigenvalue weighted by atomic mass is 35.5. The molecule has 2 unspecified atom stereocenters. The number of thiol groups is 1. The molecule has 6 N–H and O–H groups in total. The first-order valence-corrected chi connectivity index (χ1v) is 8.38. The van der Waals surface area contributed by atoms with Crippen molar-refractivity contribution in [3.63, 3.8) is 0 Å². The minimum absolute atomic E-state index is 0.165. The summed E-state index contributed by atoms with van der Waals surface area (Å²) in [6.07, 6.45) is -2.26. The summed E-state index contributed by atoms with van der Waals surface area (Å²) in [7, 11) is 0. The Kier molecular flexibility index (Phi) is 10.8. The number of carboxylic acid groups (broad SMARTS) is 2. The van der Waals surface area contributed by atoms with Crippen LogP contribution >= 0.6 is 35.8 Å². The topological polar surface area (TPSA) is 170 Å². The van der Waals surface area contributed by atoms with Crippen molar-refractivity contribution in [1.29, 1.82) is 0 Å². The third-order valence-electron chi connectivity index (χ3n) is 2.95. The summed E-state index contributed by atoms with van der Waals surface area (Å²) in [5.74, 6) is -4.58. The van der Waals surface area contributed by atoms with Crippen LogP contribution in [0.15, 0.2) is 0 Å². The maximum atomic E-state index is 12.3. The number of nitrogens with one attached hydrogen (secondary N) is 1. The number of carbonyl (C=O) groups is 4. The SMILES string of the molecule is NC(CCC(=O)NC(CS)C(=O)N(CC(=O)O)[C@@H](O)C(Cl)Cl)C(=O)O. The smallest absolute Gasteiger partial charge is 0.323 e. The molecule has 10 nitrogen and oxygen atoms in total. The highest BCUT2D eigenvalue weighted by molar-refractivity contribution is 7.80. The Morgan fingerprint density at radius 2 is 1.76 bits per heavy atom. The summed E-state index contributed by atoms with van der Waals surface area (Å²) in [6, 6.07) is -2.52. The molecule has 25 heavy (non-hydrogen) atoms. The Hall–Kier alpha value is -1.27. The summed E-state index contributed by atoms with van der Waals surface area (Å²) in [4.78, 5) is 44.6. The van der Waals surface area contributed by atoms with Crippen LogP contribution in [0, 0.1) is 0 Å². The van der Waals surface area contributed by atoms with E-state index in [9.17, 15) is 24.3 Å². The van der Waals surface area contributed by atoms with Gasteiger partial charge in [0, 0.05) is 12.2 Å². The van der Waals surface area contributed by atoms with E-state index in [1.54, 1.807) is 0 Å². The lowest BCUT2D eigenvalue weighted by molar-refractivity contribution is -0.153. The van der Waals surface area contributed by atoms with E-state index in [1.807, 2.05) is 0 Å². The Labute approximate surface area is 158 Å². The van der Waals surface area contributed by atoms with Gasteiger partial charge in [-0.2, -0.15) is 12.6 Å². The number of hydrogen-bond acceptors (Lipinski definition) is 7. The first-order chi connectivity index (χ1) is 11.5. The van der Waals surface area contributed by atoms with Crippen LogP contribution in [0.25, 0.3) is 0 Å². The second-order valence-corrected chi connectivity index (χ2v) is 6.42. The monoisotopic (exact) mass is 419 g/mol. The van der Waals surface area contributed by atoms with Gasteiger partial charge >= 0.3 is 11.9 Å². The fraction of sp³-hybridized carbons (Fsp3) is 0.667. The van der Waals surface area contributed by atoms with Crippen LogP contribution in [-0.2, 0) is 19.2 Å². The quantitative estimate of drug-likeness (QED) is 0.135. The number of aliphatic hydroxyl groups excluding tert-OH is 1. The average Bonchev–Trinajstić information content (AvgIpc) is 2.53. The second kappa shape index (κ2) is 11.4. The maximum Gasteiger partial charge on any atom is 0.323 e. The number of carbonyl (C=O) groups excluding carboxylic acids is 2. The van der Waals surface area contributed by atoms with E-state index >= 15 is 0 Å². The Morgan fingerprint density at radius 3 is 2.16 bits per heavy atom. The number of carboxylic acids is 2. The number of nitrogens with two attached hydrogens (primary N) is 1. The normalized spacial score (nSPS) is 14.5. The zero-order chi connectivity index (χ0) is 19.7. The van der Waals surface area contributed by atoms with Crippen LogP contribution in [0.5, 0.6) is 0 Å². The first kappa shape index (κ1) is 23.7. The van der Waals surface area contributed by atoms with Crippen molar-refractivity contribution >= 4 is 59.6 Å². The molecule has 3 atom stereocenters. The van der Waals surface area contributed by atoms with Gasteiger partial charge < -0.3 is 31.3 Å². The third kappa shape index (κ3) is 8.59. The van der Waals surface area contributed by atoms with Gasteiger partial charge in [-0.15, -0.1) is 23.2 Å². The summed E-state index contributed by atoms with van der Waals surface area (Å²) < 4.78 is 0. The molecule has 0 bridgehead atoms. The van der Waals surface area contributed by atoms with Gasteiger partial charge in [0.2, 0.25) is 11.8 Å². The Morgan fingerprint density at radius 1 is 1.20 bits per heavy atom. The number of amides is 2. The van der Waals surface area contributed by atoms with Crippen molar-refractivity contribution in [2.75, 3.05) is 12.3 Å². The molecule has 0 saturated heterocycles. The molecule has 0 rings (SSSR count). The molecule has 2 amide bonds. The molecule has 0 radical (unpaired) electrons. The van der Waals surface area contributed by atoms with Crippen LogP contribution in [0.3, 0.4) is 0 Å². The summed E-state index contributed by atoms with van der Waals surface area (Å²) in [5.41, 5.74) is 5.27. The molecule has 0 aromatic carbocycles. The van der Waals surface area contributed by atoms with E-state index in [0.29, 0.717) is 4.90 Å². The fourth-order valence-electron chi connectivity index (χ4n) is 1.65. The number of alkyl halides is 2. The largest absolute Gasteiger partial charge is 0.480 e. The summed E-state index contributed by atoms with van der Waals surface area (Å²) in [6.45, 7) is -0.903. The average molecular weight is 420 g/mol. The van der Waals surface area contributed by atoms with E-state index in [1.165, 1.54) is 0 Å². The highest BCUT2D eigenvalue weighted by Crippen LogP contribution is 2.14. The second-order valence-electron chi connectivity index (χ2n) is 4.89. The molecule has 0 aromatic rings. The van der Waals surface area contributed by atoms with Crippen LogP contribution in [0.4, 0.5) is 0 Å². The molecule has 0 fully saturated rings. The molecule has 0 aromatic heterocycles. The zero-order valence-corrected chi connectivity index (χ0v) is 15.2. The van der Waals surface area contributed by atoms with Crippen LogP contribution in [0.2, 0.25) is 0 Å². The van der Waals surface area contributed by atoms with Crippen LogP contribution in [-0.4, -0.2) is 79.4 Å². The van der Waals surface area contributed by atoms with Gasteiger partial charge in [0.25, 0.3) is 0 Å². The van der Waals surface area contributed by atoms with Crippen molar-refractivity contribution in [1.82, 2.24) is 10.2 Å². The molecule has 0 saturated carbocycles. The van der Waals surface area contributed by atoms with Gasteiger partial charge in [0.15, 0.2) is 11.1 Å². The Balaban J connectivity index is 4.97. The molecular weight excluding hydrogens is 401 g/mol. The molecule has 13 heteroatoms. The highest BCUT2D eigenvalue weighted by Gasteiger charge is 2.33. The first-order valence-electron chi connectivity index (χ1n) is 6.88. The molecule has 0 spiro atoms. The van der Waals surface area contributed by atoms with Crippen molar-refractivity contribution in [2.45, 2.75) is 36.0 Å². The molecule has 0 heterocycles. The standard InChI is InChI=1S/C12H19Cl2N3O7S/c13-9(14)11(22)17(3-8(19)20)10(21)6(4-25)16-7(18)2-1-5(15)12(23)24/h5-6,9,11,22,25H,1-4,15H2,(H,16,18)(H,19,20)(H,23,24)/t5?,6?,11-/m0/s1. The van der Waals surface area contributed by atoms with Crippen molar-refractivity contribution < 1.29 is 34.5 Å². The molecular formula is C12H19Cl2N3O7S. The van der Waals surface area contributed by atoms with Gasteiger partial charge in [-0.25, -0.2) is 0 Å². The van der Waals surface area contributed by atoms with Crippen molar-refractivity contribution in [2.24, 2.45) is 5.73 Å². The van der Waals surface area contributed by atoms with E-state index in [2.05, 4.69) is 17.9 Å². The maximum absolute atomic E-state index is 12.3. The van der Waals surface area contributed by atoms with E-state index in [4.69, 9.17) is 39.1 Å². The summed E-state index contributed by atoms with van der Waals surface area (Å²) >= 11 is 14.8. The molecule has 144 valence electrons. The minimum Gasteiger partial charge on any atom is -0.480 e. The van der Waals surface area contributed by atoms with Crippen LogP contribution in [0.1, 0.15) is 12.8 Å². The van der Waals surface area contributed by atoms with Crippen LogP contribution < -0.4 is 11.1 Å². The van der Waals surface area contributed by atoms with Gasteiger partial charge in [-0.3, -0.25) is 19.2 Å². The van der Waals surface area contributed by atoms with E-state index in [-0.39, 0.29) is 18.6 Å². The number of rotatable bonds is 11. The third-order valence-corrected chi connectivity index (χ3v) is 3.76. The molecule has 0 aliphatic carbocycles. The zero-order valence-electron chi connectivity index (χ0n) is 12.8. The lowest BCUT2D eigenvalue weighted by Crippen LogP contribution is -2.55. The van der Waals surface area contributed by atoms with Crippen molar-refractivity contribution in [3.05, 3.63) is 0 Å². The predicted octanol–water partition coefficient (Wildman–Crippen LogP) is -1.37. The molecule has 0 aliphatic heterocycles. The van der Waals surface area contributed by atoms with Gasteiger partial charge in [-0.1, -0.05) is 0 Å². The number of halogens is 2. The van der Waals surface area contributed by atoms with Gasteiger partial charge in [-0.05, 0) is 6.42 Å². The lowest BCUT2D eigenvalue weighted by Gasteiger charge is -2.30. The number of nitrogens with zero attached hydrogens (tertiary/aromatic N) is 1. The predicted molar refractivity (Wildman–Crippen MR) is 91.5 cm³/mol. The van der Waals surface area contributed by atoms with Gasteiger partial charge in [0.05, 0.1) is 0 Å². The van der Waals surface area contributed by atoms with Crippen molar-refractivity contribution in [3.8, 4) is 0 Å². The Bertz CT molecular complexity index is 509. The lowest BCUT2D eigenvalue weighted by atomic mass is 10.1. The number of aliphatic carboxylic acids is 2. The number of aliphatic hydroxyl groups is 1. The number of hydrogen-bond donors (Lipinski definition) is 6. The molecule has 0 aliphatic rings.